The van der Waals surface area contributed by atoms with E-state index in [1.165, 1.54) is 7.11 Å². The van der Waals surface area contributed by atoms with Crippen molar-refractivity contribution in [1.29, 1.82) is 0 Å². The molecule has 0 saturated heterocycles. The summed E-state index contributed by atoms with van der Waals surface area (Å²) in [7, 11) is 1.37. The zero-order valence-corrected chi connectivity index (χ0v) is 14.2. The molecule has 1 aromatic rings. The monoisotopic (exact) mass is 332 g/mol. The van der Waals surface area contributed by atoms with Crippen molar-refractivity contribution in [2.75, 3.05) is 33.3 Å². The first-order chi connectivity index (χ1) is 10.0. The Kier molecular flexibility index (Phi) is 8.04. The maximum atomic E-state index is 12.0. The molecule has 1 unspecified atom stereocenters. The Bertz CT molecular complexity index is 445. The van der Waals surface area contributed by atoms with Gasteiger partial charge in [0.1, 0.15) is 6.04 Å². The van der Waals surface area contributed by atoms with Crippen LogP contribution in [0.25, 0.3) is 0 Å². The summed E-state index contributed by atoms with van der Waals surface area (Å²) in [6, 6.07) is 4.51. The molecule has 0 saturated carbocycles. The van der Waals surface area contributed by atoms with Gasteiger partial charge in [-0.25, -0.2) is 4.79 Å². The number of hydrogen-bond donors (Lipinski definition) is 1. The number of likely N-dealkylation sites (N-methyl/N-ethyl adjacent to an activating group) is 1. The van der Waals surface area contributed by atoms with Crippen molar-refractivity contribution < 1.29 is 9.53 Å². The van der Waals surface area contributed by atoms with Crippen LogP contribution in [-0.2, 0) is 9.53 Å². The SMILES string of the molecule is CCN(CC)CCNC(C(=O)OC)c1cc(Cl)cc(Cl)c1. The number of ether oxygens (including phenoxy) is 1. The number of carbonyl (C=O) groups is 1. The molecule has 1 N–H and O–H groups in total. The summed E-state index contributed by atoms with van der Waals surface area (Å²) >= 11 is 12.0. The summed E-state index contributed by atoms with van der Waals surface area (Å²) in [5.74, 6) is -0.354. The van der Waals surface area contributed by atoms with Crippen LogP contribution in [0.15, 0.2) is 18.2 Å². The number of hydrogen-bond acceptors (Lipinski definition) is 4. The average Bonchev–Trinajstić information content (AvgIpc) is 2.45. The van der Waals surface area contributed by atoms with Gasteiger partial charge in [-0.15, -0.1) is 0 Å². The molecule has 0 bridgehead atoms. The third-order valence-corrected chi connectivity index (χ3v) is 3.76. The lowest BCUT2D eigenvalue weighted by Gasteiger charge is -2.21. The normalized spacial score (nSPS) is 12.5. The molecule has 0 aliphatic rings. The zero-order valence-electron chi connectivity index (χ0n) is 12.7. The van der Waals surface area contributed by atoms with E-state index in [1.807, 2.05) is 0 Å². The Balaban J connectivity index is 2.79. The Morgan fingerprint density at radius 2 is 1.81 bits per heavy atom. The predicted molar refractivity (Wildman–Crippen MR) is 87.0 cm³/mol. The lowest BCUT2D eigenvalue weighted by atomic mass is 10.1. The van der Waals surface area contributed by atoms with E-state index in [-0.39, 0.29) is 5.97 Å². The van der Waals surface area contributed by atoms with Crippen molar-refractivity contribution >= 4 is 29.2 Å². The van der Waals surface area contributed by atoms with Crippen LogP contribution in [0, 0.1) is 0 Å². The van der Waals surface area contributed by atoms with E-state index in [1.54, 1.807) is 18.2 Å². The standard InChI is InChI=1S/C15H22Cl2N2O2/c1-4-19(5-2)7-6-18-14(15(20)21-3)11-8-12(16)10-13(17)9-11/h8-10,14,18H,4-7H2,1-3H3. The summed E-state index contributed by atoms with van der Waals surface area (Å²) in [6.07, 6.45) is 0. The molecule has 0 aliphatic carbocycles. The molecule has 0 heterocycles. The van der Waals surface area contributed by atoms with Crippen LogP contribution >= 0.6 is 23.2 Å². The topological polar surface area (TPSA) is 41.6 Å². The molecule has 0 aromatic heterocycles. The summed E-state index contributed by atoms with van der Waals surface area (Å²) in [5.41, 5.74) is 0.707. The maximum Gasteiger partial charge on any atom is 0.327 e. The fraction of sp³-hybridized carbons (Fsp3) is 0.533. The molecule has 21 heavy (non-hydrogen) atoms. The van der Waals surface area contributed by atoms with Crippen LogP contribution in [0.4, 0.5) is 0 Å². The van der Waals surface area contributed by atoms with Gasteiger partial charge in [-0.2, -0.15) is 0 Å². The molecular weight excluding hydrogens is 311 g/mol. The Labute approximate surface area is 136 Å². The molecule has 1 aromatic carbocycles. The first-order valence-corrected chi connectivity index (χ1v) is 7.76. The number of nitrogens with one attached hydrogen (secondary N) is 1. The summed E-state index contributed by atoms with van der Waals surface area (Å²) in [6.45, 7) is 7.70. The molecule has 0 fully saturated rings. The van der Waals surface area contributed by atoms with Crippen LogP contribution in [0.1, 0.15) is 25.5 Å². The molecule has 1 atom stereocenters. The van der Waals surface area contributed by atoms with Crippen LogP contribution in [-0.4, -0.2) is 44.2 Å². The van der Waals surface area contributed by atoms with Gasteiger partial charge < -0.3 is 9.64 Å². The van der Waals surface area contributed by atoms with Gasteiger partial charge in [-0.1, -0.05) is 37.0 Å². The van der Waals surface area contributed by atoms with Crippen molar-refractivity contribution in [3.05, 3.63) is 33.8 Å². The maximum absolute atomic E-state index is 12.0. The average molecular weight is 333 g/mol. The van der Waals surface area contributed by atoms with Crippen molar-refractivity contribution in [2.24, 2.45) is 0 Å². The van der Waals surface area contributed by atoms with Gasteiger partial charge in [-0.05, 0) is 36.9 Å². The van der Waals surface area contributed by atoms with Crippen molar-refractivity contribution in [1.82, 2.24) is 10.2 Å². The molecule has 6 heteroatoms. The second kappa shape index (κ2) is 9.26. The van der Waals surface area contributed by atoms with Gasteiger partial charge in [0.2, 0.25) is 0 Å². The van der Waals surface area contributed by atoms with Crippen molar-refractivity contribution in [3.63, 3.8) is 0 Å². The fourth-order valence-corrected chi connectivity index (χ4v) is 2.65. The zero-order chi connectivity index (χ0) is 15.8. The lowest BCUT2D eigenvalue weighted by molar-refractivity contribution is -0.143. The second-order valence-electron chi connectivity index (χ2n) is 4.64. The van der Waals surface area contributed by atoms with E-state index in [0.717, 1.165) is 19.6 Å². The number of carbonyl (C=O) groups excluding carboxylic acids is 1. The van der Waals surface area contributed by atoms with E-state index >= 15 is 0 Å². The lowest BCUT2D eigenvalue weighted by Crippen LogP contribution is -2.36. The highest BCUT2D eigenvalue weighted by atomic mass is 35.5. The molecule has 1 rings (SSSR count). The molecule has 0 amide bonds. The van der Waals surface area contributed by atoms with Crippen molar-refractivity contribution in [2.45, 2.75) is 19.9 Å². The molecule has 0 radical (unpaired) electrons. The van der Waals surface area contributed by atoms with E-state index in [9.17, 15) is 4.79 Å². The third-order valence-electron chi connectivity index (χ3n) is 3.33. The minimum atomic E-state index is -0.568. The highest BCUT2D eigenvalue weighted by Gasteiger charge is 2.21. The van der Waals surface area contributed by atoms with Gasteiger partial charge in [0.25, 0.3) is 0 Å². The number of esters is 1. The number of halogens is 2. The first kappa shape index (κ1) is 18.2. The van der Waals surface area contributed by atoms with E-state index in [2.05, 4.69) is 24.1 Å². The van der Waals surface area contributed by atoms with E-state index in [4.69, 9.17) is 27.9 Å². The molecule has 118 valence electrons. The van der Waals surface area contributed by atoms with Gasteiger partial charge in [0.15, 0.2) is 0 Å². The van der Waals surface area contributed by atoms with Crippen LogP contribution in [0.3, 0.4) is 0 Å². The quantitative estimate of drug-likeness (QED) is 0.742. The summed E-state index contributed by atoms with van der Waals surface area (Å²) in [4.78, 5) is 14.2. The molecule has 4 nitrogen and oxygen atoms in total. The predicted octanol–water partition coefficient (Wildman–Crippen LogP) is 3.14. The van der Waals surface area contributed by atoms with Gasteiger partial charge in [0, 0.05) is 23.1 Å². The van der Waals surface area contributed by atoms with Gasteiger partial charge in [0.05, 0.1) is 7.11 Å². The number of rotatable bonds is 8. The molecular formula is C15H22Cl2N2O2. The van der Waals surface area contributed by atoms with Crippen LogP contribution < -0.4 is 5.32 Å². The second-order valence-corrected chi connectivity index (χ2v) is 5.51. The first-order valence-electron chi connectivity index (χ1n) is 7.01. The van der Waals surface area contributed by atoms with Crippen LogP contribution in [0.2, 0.25) is 10.0 Å². The highest BCUT2D eigenvalue weighted by Crippen LogP contribution is 2.24. The van der Waals surface area contributed by atoms with Crippen LogP contribution in [0.5, 0.6) is 0 Å². The number of benzene rings is 1. The van der Waals surface area contributed by atoms with Crippen molar-refractivity contribution in [3.8, 4) is 0 Å². The summed E-state index contributed by atoms with van der Waals surface area (Å²) in [5, 5.41) is 4.20. The molecule has 0 aliphatic heterocycles. The number of nitrogens with zero attached hydrogens (tertiary/aromatic N) is 1. The van der Waals surface area contributed by atoms with E-state index < -0.39 is 6.04 Å². The highest BCUT2D eigenvalue weighted by molar-refractivity contribution is 6.34. The number of methoxy groups -OCH3 is 1. The Hall–Kier alpha value is -0.810. The Morgan fingerprint density at radius 1 is 1.24 bits per heavy atom. The van der Waals surface area contributed by atoms with Gasteiger partial charge in [-0.3, -0.25) is 5.32 Å². The summed E-state index contributed by atoms with van der Waals surface area (Å²) < 4.78 is 4.86. The Morgan fingerprint density at radius 3 is 2.29 bits per heavy atom. The minimum absolute atomic E-state index is 0.354. The smallest absolute Gasteiger partial charge is 0.327 e. The minimum Gasteiger partial charge on any atom is -0.468 e. The third kappa shape index (κ3) is 5.83. The van der Waals surface area contributed by atoms with Gasteiger partial charge >= 0.3 is 5.97 Å². The fourth-order valence-electron chi connectivity index (χ4n) is 2.10. The largest absolute Gasteiger partial charge is 0.468 e. The molecule has 0 spiro atoms. The van der Waals surface area contributed by atoms with E-state index in [0.29, 0.717) is 22.2 Å².